The van der Waals surface area contributed by atoms with Gasteiger partial charge < -0.3 is 5.32 Å². The summed E-state index contributed by atoms with van der Waals surface area (Å²) in [6.07, 6.45) is -0.346. The first-order chi connectivity index (χ1) is 7.39. The molecule has 0 aliphatic rings. The quantitative estimate of drug-likeness (QED) is 0.671. The number of hydrogen-bond acceptors (Lipinski definition) is 1. The minimum absolute atomic E-state index is 0.476. The monoisotopic (exact) mass is 239 g/mol. The Morgan fingerprint density at radius 3 is 2.25 bits per heavy atom. The molecule has 0 aromatic carbocycles. The summed E-state index contributed by atoms with van der Waals surface area (Å²) in [5, 5.41) is 2.98. The van der Waals surface area contributed by atoms with Crippen LogP contribution in [-0.4, -0.2) is 18.8 Å². The summed E-state index contributed by atoms with van der Waals surface area (Å²) in [7, 11) is 0. The third-order valence-corrected chi connectivity index (χ3v) is 2.84. The molecule has 1 nitrogen and oxygen atoms in total. The summed E-state index contributed by atoms with van der Waals surface area (Å²) in [6, 6.07) is -0.476. The van der Waals surface area contributed by atoms with Gasteiger partial charge in [0.2, 0.25) is 0 Å². The van der Waals surface area contributed by atoms with E-state index in [-0.39, 0.29) is 0 Å². The van der Waals surface area contributed by atoms with Crippen LogP contribution in [0.1, 0.15) is 52.9 Å². The molecular weight excluding hydrogens is 215 g/mol. The Bertz CT molecular complexity index is 168. The molecule has 0 fully saturated rings. The van der Waals surface area contributed by atoms with Crippen molar-refractivity contribution < 1.29 is 13.2 Å². The van der Waals surface area contributed by atoms with Crippen molar-refractivity contribution in [3.63, 3.8) is 0 Å². The second-order valence-corrected chi connectivity index (χ2v) is 4.55. The molecule has 2 unspecified atom stereocenters. The normalized spacial score (nSPS) is 16.1. The molecular formula is C12H24F3N. The smallest absolute Gasteiger partial charge is 0.314 e. The molecule has 4 heteroatoms. The molecule has 0 aromatic heterocycles. The average molecular weight is 239 g/mol. The Labute approximate surface area is 96.8 Å². The molecule has 0 bridgehead atoms. The zero-order valence-corrected chi connectivity index (χ0v) is 10.5. The predicted molar refractivity (Wildman–Crippen MR) is 61.4 cm³/mol. The predicted octanol–water partition coefficient (Wildman–Crippen LogP) is 4.13. The van der Waals surface area contributed by atoms with Crippen LogP contribution in [0.4, 0.5) is 13.2 Å². The fraction of sp³-hybridized carbons (Fsp3) is 1.00. The van der Waals surface area contributed by atoms with Crippen molar-refractivity contribution in [1.29, 1.82) is 0 Å². The van der Waals surface area contributed by atoms with Gasteiger partial charge in [-0.1, -0.05) is 33.1 Å². The highest BCUT2D eigenvalue weighted by molar-refractivity contribution is 4.69. The minimum Gasteiger partial charge on any atom is -0.314 e. The minimum atomic E-state index is -4.06. The zero-order chi connectivity index (χ0) is 12.6. The van der Waals surface area contributed by atoms with Gasteiger partial charge in [0.05, 0.1) is 6.42 Å². The summed E-state index contributed by atoms with van der Waals surface area (Å²) in [5.41, 5.74) is 0. The number of rotatable bonds is 8. The number of alkyl halides is 3. The maximum atomic E-state index is 12.1. The topological polar surface area (TPSA) is 12.0 Å². The third kappa shape index (κ3) is 9.01. The molecule has 0 heterocycles. The number of unbranched alkanes of at least 4 members (excludes halogenated alkanes) is 1. The van der Waals surface area contributed by atoms with Gasteiger partial charge in [0.1, 0.15) is 0 Å². The summed E-state index contributed by atoms with van der Waals surface area (Å²) >= 11 is 0. The average Bonchev–Trinajstić information content (AvgIpc) is 2.15. The lowest BCUT2D eigenvalue weighted by Crippen LogP contribution is -2.34. The highest BCUT2D eigenvalue weighted by Gasteiger charge is 2.29. The summed E-state index contributed by atoms with van der Waals surface area (Å²) < 4.78 is 36.2. The van der Waals surface area contributed by atoms with Crippen LogP contribution < -0.4 is 5.32 Å². The largest absolute Gasteiger partial charge is 0.390 e. The molecule has 0 saturated heterocycles. The van der Waals surface area contributed by atoms with Crippen molar-refractivity contribution in [3.8, 4) is 0 Å². The molecule has 0 aromatic rings. The van der Waals surface area contributed by atoms with E-state index in [2.05, 4.69) is 19.2 Å². The van der Waals surface area contributed by atoms with E-state index in [0.717, 1.165) is 25.7 Å². The lowest BCUT2D eigenvalue weighted by molar-refractivity contribution is -0.139. The molecule has 0 saturated carbocycles. The van der Waals surface area contributed by atoms with Crippen molar-refractivity contribution in [2.45, 2.75) is 65.1 Å². The molecule has 0 amide bonds. The van der Waals surface area contributed by atoms with Crippen LogP contribution in [0.2, 0.25) is 0 Å². The van der Waals surface area contributed by atoms with E-state index >= 15 is 0 Å². The Balaban J connectivity index is 3.74. The van der Waals surface area contributed by atoms with Crippen LogP contribution >= 0.6 is 0 Å². The van der Waals surface area contributed by atoms with Crippen LogP contribution in [0.25, 0.3) is 0 Å². The van der Waals surface area contributed by atoms with E-state index in [1.165, 1.54) is 0 Å². The molecule has 2 atom stereocenters. The van der Waals surface area contributed by atoms with E-state index in [1.54, 1.807) is 6.92 Å². The zero-order valence-electron chi connectivity index (χ0n) is 10.5. The molecule has 0 aliphatic carbocycles. The van der Waals surface area contributed by atoms with E-state index in [4.69, 9.17) is 0 Å². The standard InChI is InChI=1S/C12H24F3N/c1-4-6-7-11(5-2)9-16-10(3)8-12(13,14)15/h10-11,16H,4-9H2,1-3H3. The fourth-order valence-electron chi connectivity index (χ4n) is 1.73. The van der Waals surface area contributed by atoms with Crippen LogP contribution in [-0.2, 0) is 0 Å². The first kappa shape index (κ1) is 15.8. The first-order valence-electron chi connectivity index (χ1n) is 6.19. The number of nitrogens with one attached hydrogen (secondary N) is 1. The van der Waals surface area contributed by atoms with Crippen LogP contribution in [0.15, 0.2) is 0 Å². The van der Waals surface area contributed by atoms with Gasteiger partial charge in [-0.3, -0.25) is 0 Å². The van der Waals surface area contributed by atoms with Crippen molar-refractivity contribution in [2.24, 2.45) is 5.92 Å². The lowest BCUT2D eigenvalue weighted by atomic mass is 9.99. The van der Waals surface area contributed by atoms with Crippen LogP contribution in [0.3, 0.4) is 0 Å². The maximum absolute atomic E-state index is 12.1. The summed E-state index contributed by atoms with van der Waals surface area (Å²) in [5.74, 6) is 0.510. The molecule has 0 radical (unpaired) electrons. The third-order valence-electron chi connectivity index (χ3n) is 2.84. The van der Waals surface area contributed by atoms with Gasteiger partial charge in [0.15, 0.2) is 0 Å². The SMILES string of the molecule is CCCCC(CC)CNC(C)CC(F)(F)F. The van der Waals surface area contributed by atoms with Crippen molar-refractivity contribution in [1.82, 2.24) is 5.32 Å². The molecule has 16 heavy (non-hydrogen) atoms. The van der Waals surface area contributed by atoms with Gasteiger partial charge in [-0.2, -0.15) is 13.2 Å². The summed E-state index contributed by atoms with van der Waals surface area (Å²) in [4.78, 5) is 0. The first-order valence-corrected chi connectivity index (χ1v) is 6.19. The Morgan fingerprint density at radius 1 is 1.19 bits per heavy atom. The Morgan fingerprint density at radius 2 is 1.81 bits per heavy atom. The van der Waals surface area contributed by atoms with Gasteiger partial charge in [-0.05, 0) is 25.8 Å². The molecule has 0 rings (SSSR count). The number of hydrogen-bond donors (Lipinski definition) is 1. The Kier molecular flexibility index (Phi) is 7.81. The lowest BCUT2D eigenvalue weighted by Gasteiger charge is -2.20. The van der Waals surface area contributed by atoms with Crippen LogP contribution in [0.5, 0.6) is 0 Å². The van der Waals surface area contributed by atoms with Crippen molar-refractivity contribution in [3.05, 3.63) is 0 Å². The Hall–Kier alpha value is -0.250. The van der Waals surface area contributed by atoms with Gasteiger partial charge in [0, 0.05) is 6.04 Å². The van der Waals surface area contributed by atoms with Crippen molar-refractivity contribution >= 4 is 0 Å². The fourth-order valence-corrected chi connectivity index (χ4v) is 1.73. The summed E-state index contributed by atoms with van der Waals surface area (Å²) in [6.45, 7) is 6.52. The van der Waals surface area contributed by atoms with Gasteiger partial charge in [0.25, 0.3) is 0 Å². The van der Waals surface area contributed by atoms with E-state index in [0.29, 0.717) is 12.5 Å². The van der Waals surface area contributed by atoms with E-state index in [1.807, 2.05) is 0 Å². The van der Waals surface area contributed by atoms with Crippen molar-refractivity contribution in [2.75, 3.05) is 6.54 Å². The van der Waals surface area contributed by atoms with Gasteiger partial charge in [-0.25, -0.2) is 0 Å². The van der Waals surface area contributed by atoms with E-state index in [9.17, 15) is 13.2 Å². The van der Waals surface area contributed by atoms with Gasteiger partial charge in [-0.15, -0.1) is 0 Å². The number of halogens is 3. The molecule has 1 N–H and O–H groups in total. The highest BCUT2D eigenvalue weighted by atomic mass is 19.4. The van der Waals surface area contributed by atoms with E-state index < -0.39 is 18.6 Å². The van der Waals surface area contributed by atoms with Gasteiger partial charge >= 0.3 is 6.18 Å². The second kappa shape index (κ2) is 7.93. The van der Waals surface area contributed by atoms with Crippen LogP contribution in [0, 0.1) is 5.92 Å². The molecule has 98 valence electrons. The molecule has 0 aliphatic heterocycles. The second-order valence-electron chi connectivity index (χ2n) is 4.55. The maximum Gasteiger partial charge on any atom is 0.390 e. The molecule has 0 spiro atoms. The highest BCUT2D eigenvalue weighted by Crippen LogP contribution is 2.21.